The number of nitrogens with one attached hydrogen (secondary N) is 1. The Bertz CT molecular complexity index is 368. The van der Waals surface area contributed by atoms with E-state index in [9.17, 15) is 9.59 Å². The van der Waals surface area contributed by atoms with Crippen LogP contribution in [0.25, 0.3) is 0 Å². The maximum absolute atomic E-state index is 12.2. The zero-order valence-corrected chi connectivity index (χ0v) is 13.1. The molecule has 1 spiro atoms. The van der Waals surface area contributed by atoms with E-state index in [1.54, 1.807) is 0 Å². The molecule has 1 aliphatic carbocycles. The molecule has 0 bridgehead atoms. The number of carboxylic acid groups (broad SMARTS) is 1. The molecule has 1 saturated heterocycles. The number of aliphatic carboxylic acids is 1. The van der Waals surface area contributed by atoms with Crippen LogP contribution in [0.2, 0.25) is 0 Å². The summed E-state index contributed by atoms with van der Waals surface area (Å²) in [4.78, 5) is 24.8. The second kappa shape index (κ2) is 7.14. The lowest BCUT2D eigenvalue weighted by atomic mass is 9.77. The number of carbonyl (C=O) groups excluding carboxylic acids is 1. The summed E-state index contributed by atoms with van der Waals surface area (Å²) in [5, 5.41) is 11.7. The molecular formula is C16H28N2O3. The van der Waals surface area contributed by atoms with Gasteiger partial charge in [-0.2, -0.15) is 0 Å². The van der Waals surface area contributed by atoms with E-state index in [2.05, 4.69) is 5.32 Å². The topological polar surface area (TPSA) is 69.6 Å². The van der Waals surface area contributed by atoms with Gasteiger partial charge in [0.1, 0.15) is 0 Å². The van der Waals surface area contributed by atoms with E-state index in [0.29, 0.717) is 12.0 Å². The summed E-state index contributed by atoms with van der Waals surface area (Å²) in [5.41, 5.74) is 0.520. The van der Waals surface area contributed by atoms with E-state index in [1.807, 2.05) is 11.8 Å². The van der Waals surface area contributed by atoms with Crippen molar-refractivity contribution in [2.75, 3.05) is 19.6 Å². The van der Waals surface area contributed by atoms with Crippen molar-refractivity contribution in [2.24, 2.45) is 11.3 Å². The number of piperidine rings is 1. The average Bonchev–Trinajstić information content (AvgIpc) is 2.91. The predicted molar refractivity (Wildman–Crippen MR) is 81.1 cm³/mol. The smallest absolute Gasteiger partial charge is 0.317 e. The summed E-state index contributed by atoms with van der Waals surface area (Å²) in [6.07, 6.45) is 8.52. The van der Waals surface area contributed by atoms with Crippen molar-refractivity contribution in [1.82, 2.24) is 10.2 Å². The van der Waals surface area contributed by atoms with Crippen LogP contribution in [0.15, 0.2) is 0 Å². The van der Waals surface area contributed by atoms with Crippen LogP contribution >= 0.6 is 0 Å². The minimum Gasteiger partial charge on any atom is -0.481 e. The molecule has 2 aliphatic rings. The predicted octanol–water partition coefficient (Wildman–Crippen LogP) is 2.85. The van der Waals surface area contributed by atoms with Crippen LogP contribution < -0.4 is 5.32 Å². The first-order valence-electron chi connectivity index (χ1n) is 8.29. The number of hydrogen-bond donors (Lipinski definition) is 2. The normalized spacial score (nSPS) is 22.2. The Labute approximate surface area is 127 Å². The van der Waals surface area contributed by atoms with Crippen LogP contribution in [0.3, 0.4) is 0 Å². The van der Waals surface area contributed by atoms with Crippen LogP contribution in [0.4, 0.5) is 4.79 Å². The van der Waals surface area contributed by atoms with Gasteiger partial charge in [-0.15, -0.1) is 0 Å². The number of carboxylic acids is 1. The van der Waals surface area contributed by atoms with Crippen molar-refractivity contribution in [3.63, 3.8) is 0 Å². The number of urea groups is 1. The molecule has 0 aromatic carbocycles. The van der Waals surface area contributed by atoms with E-state index in [1.165, 1.54) is 25.7 Å². The molecule has 1 saturated carbocycles. The lowest BCUT2D eigenvalue weighted by molar-refractivity contribution is -0.138. The molecule has 5 nitrogen and oxygen atoms in total. The van der Waals surface area contributed by atoms with Crippen molar-refractivity contribution in [1.29, 1.82) is 0 Å². The molecule has 0 aromatic rings. The Morgan fingerprint density at radius 1 is 1.19 bits per heavy atom. The van der Waals surface area contributed by atoms with Gasteiger partial charge < -0.3 is 15.3 Å². The maximum Gasteiger partial charge on any atom is 0.317 e. The number of amides is 2. The van der Waals surface area contributed by atoms with Gasteiger partial charge in [-0.05, 0) is 37.0 Å². The van der Waals surface area contributed by atoms with Crippen LogP contribution in [0.1, 0.15) is 58.3 Å². The average molecular weight is 296 g/mol. The summed E-state index contributed by atoms with van der Waals surface area (Å²) in [6.45, 7) is 4.12. The van der Waals surface area contributed by atoms with Crippen molar-refractivity contribution in [2.45, 2.75) is 58.3 Å². The minimum atomic E-state index is -0.794. The molecule has 2 rings (SSSR count). The highest BCUT2D eigenvalue weighted by atomic mass is 16.4. The fourth-order valence-corrected chi connectivity index (χ4v) is 3.76. The summed E-state index contributed by atoms with van der Waals surface area (Å²) in [7, 11) is 0. The van der Waals surface area contributed by atoms with Crippen molar-refractivity contribution < 1.29 is 14.7 Å². The van der Waals surface area contributed by atoms with Crippen LogP contribution in [-0.4, -0.2) is 41.6 Å². The Morgan fingerprint density at radius 2 is 1.81 bits per heavy atom. The van der Waals surface area contributed by atoms with Gasteiger partial charge in [-0.25, -0.2) is 4.79 Å². The van der Waals surface area contributed by atoms with Crippen molar-refractivity contribution >= 4 is 12.0 Å². The number of rotatable bonds is 5. The van der Waals surface area contributed by atoms with Gasteiger partial charge in [-0.1, -0.05) is 26.2 Å². The molecule has 2 fully saturated rings. The molecule has 5 heteroatoms. The molecular weight excluding hydrogens is 268 g/mol. The SMILES string of the molecule is CCC(CNC(=O)N1CCC2(CCCC2)CC1)CC(=O)O. The van der Waals surface area contributed by atoms with Crippen molar-refractivity contribution in [3.05, 3.63) is 0 Å². The van der Waals surface area contributed by atoms with Crippen LogP contribution in [0, 0.1) is 11.3 Å². The standard InChI is InChI=1S/C16H28N2O3/c1-2-13(11-14(19)20)12-17-15(21)18-9-7-16(8-10-18)5-3-4-6-16/h13H,2-12H2,1H3,(H,17,21)(H,19,20). The first-order chi connectivity index (χ1) is 10.0. The fourth-order valence-electron chi connectivity index (χ4n) is 3.76. The monoisotopic (exact) mass is 296 g/mol. The van der Waals surface area contributed by atoms with Gasteiger partial charge in [0.15, 0.2) is 0 Å². The molecule has 120 valence electrons. The molecule has 0 aromatic heterocycles. The first kappa shape index (κ1) is 16.1. The van der Waals surface area contributed by atoms with E-state index >= 15 is 0 Å². The van der Waals surface area contributed by atoms with Gasteiger partial charge in [0.25, 0.3) is 0 Å². The van der Waals surface area contributed by atoms with Gasteiger partial charge in [-0.3, -0.25) is 4.79 Å². The lowest BCUT2D eigenvalue weighted by Gasteiger charge is -2.39. The highest BCUT2D eigenvalue weighted by Crippen LogP contribution is 2.46. The third-order valence-electron chi connectivity index (χ3n) is 5.36. The zero-order valence-electron chi connectivity index (χ0n) is 13.1. The van der Waals surface area contributed by atoms with Gasteiger partial charge in [0.2, 0.25) is 0 Å². The molecule has 1 atom stereocenters. The van der Waals surface area contributed by atoms with E-state index < -0.39 is 5.97 Å². The maximum atomic E-state index is 12.2. The van der Waals surface area contributed by atoms with Crippen molar-refractivity contribution in [3.8, 4) is 0 Å². The van der Waals surface area contributed by atoms with E-state index in [0.717, 1.165) is 32.4 Å². The molecule has 0 radical (unpaired) electrons. The molecule has 21 heavy (non-hydrogen) atoms. The lowest BCUT2D eigenvalue weighted by Crippen LogP contribution is -2.47. The number of nitrogens with zero attached hydrogens (tertiary/aromatic N) is 1. The highest BCUT2D eigenvalue weighted by Gasteiger charge is 2.37. The van der Waals surface area contributed by atoms with E-state index in [-0.39, 0.29) is 18.4 Å². The third kappa shape index (κ3) is 4.35. The summed E-state index contributed by atoms with van der Waals surface area (Å²) >= 11 is 0. The fraction of sp³-hybridized carbons (Fsp3) is 0.875. The second-order valence-electron chi connectivity index (χ2n) is 6.75. The molecule has 2 amide bonds. The first-order valence-corrected chi connectivity index (χ1v) is 8.29. The van der Waals surface area contributed by atoms with Gasteiger partial charge >= 0.3 is 12.0 Å². The van der Waals surface area contributed by atoms with Crippen LogP contribution in [0.5, 0.6) is 0 Å². The summed E-state index contributed by atoms with van der Waals surface area (Å²) < 4.78 is 0. The quantitative estimate of drug-likeness (QED) is 0.819. The molecule has 2 N–H and O–H groups in total. The minimum absolute atomic E-state index is 0.0216. The highest BCUT2D eigenvalue weighted by molar-refractivity contribution is 5.74. The zero-order chi connectivity index (χ0) is 15.3. The molecule has 1 heterocycles. The summed E-state index contributed by atoms with van der Waals surface area (Å²) in [6, 6.07) is -0.0216. The summed E-state index contributed by atoms with van der Waals surface area (Å²) in [5.74, 6) is -0.769. The third-order valence-corrected chi connectivity index (χ3v) is 5.36. The number of likely N-dealkylation sites (tertiary alicyclic amines) is 1. The van der Waals surface area contributed by atoms with Gasteiger partial charge in [0.05, 0.1) is 0 Å². The Morgan fingerprint density at radius 3 is 2.33 bits per heavy atom. The Balaban J connectivity index is 1.73. The van der Waals surface area contributed by atoms with Gasteiger partial charge in [0, 0.05) is 26.1 Å². The number of hydrogen-bond acceptors (Lipinski definition) is 2. The number of carbonyl (C=O) groups is 2. The largest absolute Gasteiger partial charge is 0.481 e. The Kier molecular flexibility index (Phi) is 5.48. The molecule has 1 unspecified atom stereocenters. The Hall–Kier alpha value is -1.26. The van der Waals surface area contributed by atoms with E-state index in [4.69, 9.17) is 5.11 Å². The van der Waals surface area contributed by atoms with Crippen LogP contribution in [-0.2, 0) is 4.79 Å². The second-order valence-corrected chi connectivity index (χ2v) is 6.75. The molecule has 1 aliphatic heterocycles.